The average molecular weight is 300 g/mol. The summed E-state index contributed by atoms with van der Waals surface area (Å²) in [7, 11) is 0. The molecule has 0 aliphatic carbocycles. The molecule has 0 aromatic heterocycles. The van der Waals surface area contributed by atoms with Gasteiger partial charge in [0, 0.05) is 6.42 Å². The molecule has 0 aliphatic rings. The molecule has 0 radical (unpaired) electrons. The van der Waals surface area contributed by atoms with Gasteiger partial charge in [-0.2, -0.15) is 30.7 Å². The lowest BCUT2D eigenvalue weighted by Crippen LogP contribution is -2.54. The van der Waals surface area contributed by atoms with E-state index in [1.807, 2.05) is 0 Å². The zero-order valence-corrected chi connectivity index (χ0v) is 9.70. The molecular weight excluding hydrogens is 289 g/mol. The smallest absolute Gasteiger partial charge is 0.459 e. The van der Waals surface area contributed by atoms with Crippen molar-refractivity contribution in [3.05, 3.63) is 0 Å². The first kappa shape index (κ1) is 17.9. The number of ether oxygens (including phenoxy) is 2. The maximum Gasteiger partial charge on any atom is 0.459 e. The Hall–Kier alpha value is -1.06. The molecule has 0 saturated heterocycles. The van der Waals surface area contributed by atoms with Gasteiger partial charge < -0.3 is 9.47 Å². The van der Waals surface area contributed by atoms with Gasteiger partial charge in [-0.3, -0.25) is 4.79 Å². The Morgan fingerprint density at radius 1 is 1.00 bits per heavy atom. The summed E-state index contributed by atoms with van der Waals surface area (Å²) < 4.78 is 93.4. The van der Waals surface area contributed by atoms with Gasteiger partial charge in [0.25, 0.3) is 0 Å². The third kappa shape index (κ3) is 4.84. The van der Waals surface area contributed by atoms with Gasteiger partial charge in [-0.05, 0) is 0 Å². The highest BCUT2D eigenvalue weighted by atomic mass is 19.4. The normalized spacial score (nSPS) is 13.5. The lowest BCUT2D eigenvalue weighted by molar-refractivity contribution is -0.361. The summed E-state index contributed by atoms with van der Waals surface area (Å²) in [5, 5.41) is 0. The Kier molecular flexibility index (Phi) is 6.04. The summed E-state index contributed by atoms with van der Waals surface area (Å²) in [5.41, 5.74) is 0. The zero-order chi connectivity index (χ0) is 15.3. The van der Waals surface area contributed by atoms with Crippen LogP contribution in [0.4, 0.5) is 30.7 Å². The van der Waals surface area contributed by atoms with Crippen molar-refractivity contribution in [3.8, 4) is 0 Å². The molecule has 0 spiro atoms. The predicted molar refractivity (Wildman–Crippen MR) is 48.0 cm³/mol. The minimum absolute atomic E-state index is 0.00229. The van der Waals surface area contributed by atoms with Crippen LogP contribution in [0.25, 0.3) is 0 Å². The first-order valence-corrected chi connectivity index (χ1v) is 5.01. The Bertz CT molecular complexity index is 301. The van der Waals surface area contributed by atoms with Crippen molar-refractivity contribution in [2.75, 3.05) is 19.8 Å². The molecule has 10 heteroatoms. The molecule has 0 amide bonds. The maximum absolute atomic E-state index is 12.6. The number of alkyl halides is 7. The average Bonchev–Trinajstić information content (AvgIpc) is 2.26. The highest BCUT2D eigenvalue weighted by molar-refractivity contribution is 5.68. The van der Waals surface area contributed by atoms with Crippen molar-refractivity contribution in [3.63, 3.8) is 0 Å². The van der Waals surface area contributed by atoms with E-state index in [0.29, 0.717) is 0 Å². The van der Waals surface area contributed by atoms with E-state index in [2.05, 4.69) is 9.47 Å². The molecule has 0 atom stereocenters. The Morgan fingerprint density at radius 2 is 1.53 bits per heavy atom. The van der Waals surface area contributed by atoms with Crippen molar-refractivity contribution in [1.29, 1.82) is 0 Å². The topological polar surface area (TPSA) is 35.5 Å². The lowest BCUT2D eigenvalue weighted by atomic mass is 10.2. The predicted octanol–water partition coefficient (Wildman–Crippen LogP) is 2.79. The van der Waals surface area contributed by atoms with Gasteiger partial charge in [0.05, 0.1) is 6.61 Å². The number of esters is 1. The second-order valence-corrected chi connectivity index (χ2v) is 3.40. The van der Waals surface area contributed by atoms with Crippen molar-refractivity contribution in [2.24, 2.45) is 0 Å². The Labute approximate surface area is 103 Å². The Balaban J connectivity index is 4.21. The van der Waals surface area contributed by atoms with Gasteiger partial charge >= 0.3 is 24.0 Å². The summed E-state index contributed by atoms with van der Waals surface area (Å²) in [6.07, 6.45) is -6.38. The molecule has 0 bridgehead atoms. The number of carbonyl (C=O) groups excluding carboxylic acids is 1. The first-order valence-electron chi connectivity index (χ1n) is 5.01. The number of hydrogen-bond donors (Lipinski definition) is 0. The standard InChI is InChI=1S/C9H11F7O3/c1-2-6(17)19-4-3-18-5-7(10,11)8(12,13)9(14,15)16/h2-5H2,1H3. The van der Waals surface area contributed by atoms with Crippen molar-refractivity contribution >= 4 is 5.97 Å². The van der Waals surface area contributed by atoms with Crippen LogP contribution in [0.1, 0.15) is 13.3 Å². The highest BCUT2D eigenvalue weighted by Gasteiger charge is 2.72. The number of rotatable bonds is 7. The molecular formula is C9H11F7O3. The van der Waals surface area contributed by atoms with E-state index in [1.165, 1.54) is 6.92 Å². The molecule has 0 aliphatic heterocycles. The van der Waals surface area contributed by atoms with Crippen LogP contribution in [0.3, 0.4) is 0 Å². The van der Waals surface area contributed by atoms with Gasteiger partial charge in [-0.15, -0.1) is 0 Å². The highest BCUT2D eigenvalue weighted by Crippen LogP contribution is 2.46. The third-order valence-corrected chi connectivity index (χ3v) is 1.88. The van der Waals surface area contributed by atoms with E-state index in [9.17, 15) is 35.5 Å². The largest absolute Gasteiger partial charge is 0.463 e. The second kappa shape index (κ2) is 6.40. The van der Waals surface area contributed by atoms with Crippen LogP contribution >= 0.6 is 0 Å². The first-order chi connectivity index (χ1) is 8.45. The van der Waals surface area contributed by atoms with Crippen molar-refractivity contribution in [2.45, 2.75) is 31.4 Å². The summed E-state index contributed by atoms with van der Waals surface area (Å²) in [6.45, 7) is -1.92. The van der Waals surface area contributed by atoms with Gasteiger partial charge in [0.1, 0.15) is 13.2 Å². The second-order valence-electron chi connectivity index (χ2n) is 3.40. The van der Waals surface area contributed by atoms with Crippen LogP contribution in [0.5, 0.6) is 0 Å². The molecule has 114 valence electrons. The van der Waals surface area contributed by atoms with E-state index in [0.717, 1.165) is 0 Å². The van der Waals surface area contributed by atoms with Crippen LogP contribution in [-0.4, -0.2) is 43.8 Å². The van der Waals surface area contributed by atoms with E-state index in [1.54, 1.807) is 0 Å². The van der Waals surface area contributed by atoms with Gasteiger partial charge in [0.2, 0.25) is 0 Å². The molecule has 0 N–H and O–H groups in total. The molecule has 0 rings (SSSR count). The summed E-state index contributed by atoms with van der Waals surface area (Å²) in [4.78, 5) is 10.6. The monoisotopic (exact) mass is 300 g/mol. The number of halogens is 7. The van der Waals surface area contributed by atoms with Gasteiger partial charge in [-0.25, -0.2) is 0 Å². The molecule has 0 saturated carbocycles. The van der Waals surface area contributed by atoms with Crippen molar-refractivity contribution < 1.29 is 45.0 Å². The summed E-state index contributed by atoms with van der Waals surface area (Å²) in [5.74, 6) is -12.3. The minimum atomic E-state index is -6.38. The molecule has 0 aromatic rings. The van der Waals surface area contributed by atoms with E-state index >= 15 is 0 Å². The minimum Gasteiger partial charge on any atom is -0.463 e. The maximum atomic E-state index is 12.6. The van der Waals surface area contributed by atoms with Crippen LogP contribution in [0.15, 0.2) is 0 Å². The fourth-order valence-corrected chi connectivity index (χ4v) is 0.815. The third-order valence-electron chi connectivity index (χ3n) is 1.88. The van der Waals surface area contributed by atoms with Crippen LogP contribution in [0.2, 0.25) is 0 Å². The van der Waals surface area contributed by atoms with E-state index in [-0.39, 0.29) is 6.42 Å². The number of hydrogen-bond acceptors (Lipinski definition) is 3. The lowest BCUT2D eigenvalue weighted by Gasteiger charge is -2.27. The zero-order valence-electron chi connectivity index (χ0n) is 9.70. The Morgan fingerprint density at radius 3 is 1.95 bits per heavy atom. The summed E-state index contributed by atoms with van der Waals surface area (Å²) in [6, 6.07) is 0. The van der Waals surface area contributed by atoms with Gasteiger partial charge in [0.15, 0.2) is 0 Å². The fraction of sp³-hybridized carbons (Fsp3) is 0.889. The van der Waals surface area contributed by atoms with Crippen LogP contribution in [-0.2, 0) is 14.3 Å². The van der Waals surface area contributed by atoms with Crippen LogP contribution < -0.4 is 0 Å². The molecule has 0 fully saturated rings. The van der Waals surface area contributed by atoms with Gasteiger partial charge in [-0.1, -0.05) is 6.92 Å². The van der Waals surface area contributed by atoms with E-state index in [4.69, 9.17) is 0 Å². The molecule has 3 nitrogen and oxygen atoms in total. The van der Waals surface area contributed by atoms with Crippen LogP contribution in [0, 0.1) is 0 Å². The SMILES string of the molecule is CCC(=O)OCCOCC(F)(F)C(F)(F)C(F)(F)F. The number of carbonyl (C=O) groups is 1. The van der Waals surface area contributed by atoms with Crippen molar-refractivity contribution in [1.82, 2.24) is 0 Å². The molecule has 19 heavy (non-hydrogen) atoms. The van der Waals surface area contributed by atoms with E-state index < -0.39 is 43.8 Å². The molecule has 0 aromatic carbocycles. The quantitative estimate of drug-likeness (QED) is 0.412. The molecule has 0 heterocycles. The molecule has 0 unspecified atom stereocenters. The summed E-state index contributed by atoms with van der Waals surface area (Å²) >= 11 is 0. The fourth-order valence-electron chi connectivity index (χ4n) is 0.815.